The van der Waals surface area contributed by atoms with Crippen molar-refractivity contribution in [3.8, 4) is 0 Å². The zero-order chi connectivity index (χ0) is 9.07. The molecular formula is C7H15NO3. The van der Waals surface area contributed by atoms with Gasteiger partial charge in [-0.1, -0.05) is 0 Å². The highest BCUT2D eigenvalue weighted by atomic mass is 16.4. The van der Waals surface area contributed by atoms with Gasteiger partial charge < -0.3 is 19.5 Å². The topological polar surface area (TPSA) is 60.4 Å². The molecule has 0 saturated heterocycles. The summed E-state index contributed by atoms with van der Waals surface area (Å²) < 4.78 is 0.354. The third-order valence-electron chi connectivity index (χ3n) is 1.50. The van der Waals surface area contributed by atoms with Gasteiger partial charge in [0.25, 0.3) is 0 Å². The zero-order valence-electron chi connectivity index (χ0n) is 7.20. The van der Waals surface area contributed by atoms with Gasteiger partial charge in [0.15, 0.2) is 6.23 Å². The molecule has 0 aromatic rings. The summed E-state index contributed by atoms with van der Waals surface area (Å²) in [6, 6.07) is 0. The third-order valence-corrected chi connectivity index (χ3v) is 1.50. The Labute approximate surface area is 66.6 Å². The predicted octanol–water partition coefficient (Wildman–Crippen LogP) is -1.46. The molecule has 0 aliphatic carbocycles. The average Bonchev–Trinajstić information content (AvgIpc) is 1.80. The van der Waals surface area contributed by atoms with E-state index >= 15 is 0 Å². The summed E-state index contributed by atoms with van der Waals surface area (Å²) in [5, 5.41) is 19.3. The predicted molar refractivity (Wildman–Crippen MR) is 38.3 cm³/mol. The van der Waals surface area contributed by atoms with E-state index in [2.05, 4.69) is 0 Å². The lowest BCUT2D eigenvalue weighted by molar-refractivity contribution is -0.919. The van der Waals surface area contributed by atoms with Gasteiger partial charge in [0.1, 0.15) is 0 Å². The molecule has 0 fully saturated rings. The smallest absolute Gasteiger partial charge is 0.190 e. The summed E-state index contributed by atoms with van der Waals surface area (Å²) >= 11 is 0. The number of carboxylic acid groups (broad SMARTS) is 1. The van der Waals surface area contributed by atoms with Crippen LogP contribution in [0, 0.1) is 0 Å². The lowest BCUT2D eigenvalue weighted by Gasteiger charge is -2.29. The molecule has 0 rings (SSSR count). The lowest BCUT2D eigenvalue weighted by atomic mass is 10.2. The van der Waals surface area contributed by atoms with Gasteiger partial charge in [-0.25, -0.2) is 0 Å². The number of carbonyl (C=O) groups is 1. The number of hydrogen-bond acceptors (Lipinski definition) is 3. The maximum absolute atomic E-state index is 10.0. The van der Waals surface area contributed by atoms with Crippen molar-refractivity contribution in [2.75, 3.05) is 21.1 Å². The Morgan fingerprint density at radius 2 is 2.00 bits per heavy atom. The molecule has 4 heteroatoms. The first-order valence-electron chi connectivity index (χ1n) is 3.53. The molecule has 0 aromatic heterocycles. The number of carbonyl (C=O) groups excluding carboxylic acids is 1. The molecule has 1 N–H and O–H groups in total. The van der Waals surface area contributed by atoms with Crippen LogP contribution in [0.25, 0.3) is 0 Å². The monoisotopic (exact) mass is 161 g/mol. The van der Waals surface area contributed by atoms with E-state index in [0.29, 0.717) is 4.48 Å². The maximum atomic E-state index is 10.0. The summed E-state index contributed by atoms with van der Waals surface area (Å²) in [6.07, 6.45) is -0.476. The standard InChI is InChI=1S/C7H15NO3/c1-8(2,3)6(9)4-5-7(10)11/h6,9H,4-5H2,1-3H3. The highest BCUT2D eigenvalue weighted by molar-refractivity contribution is 5.64. The Kier molecular flexibility index (Phi) is 3.48. The van der Waals surface area contributed by atoms with E-state index in [-0.39, 0.29) is 12.8 Å². The van der Waals surface area contributed by atoms with Gasteiger partial charge in [0, 0.05) is 12.4 Å². The molecule has 0 amide bonds. The highest BCUT2D eigenvalue weighted by Crippen LogP contribution is 2.05. The Hall–Kier alpha value is -0.610. The Morgan fingerprint density at radius 1 is 1.55 bits per heavy atom. The van der Waals surface area contributed by atoms with E-state index in [1.165, 1.54) is 0 Å². The van der Waals surface area contributed by atoms with Crippen LogP contribution in [0.4, 0.5) is 0 Å². The number of nitrogens with zero attached hydrogens (tertiary/aromatic N) is 1. The van der Waals surface area contributed by atoms with Gasteiger partial charge in [-0.15, -0.1) is 0 Å². The molecule has 0 bridgehead atoms. The Balaban J connectivity index is 3.70. The van der Waals surface area contributed by atoms with Crippen molar-refractivity contribution in [3.63, 3.8) is 0 Å². The summed E-state index contributed by atoms with van der Waals surface area (Å²) in [4.78, 5) is 10.0. The lowest BCUT2D eigenvalue weighted by Crippen LogP contribution is -2.45. The van der Waals surface area contributed by atoms with Crippen LogP contribution in [0.2, 0.25) is 0 Å². The molecule has 1 atom stereocenters. The van der Waals surface area contributed by atoms with Gasteiger partial charge in [-0.05, 0) is 6.42 Å². The van der Waals surface area contributed by atoms with Crippen molar-refractivity contribution < 1.29 is 19.5 Å². The summed E-state index contributed by atoms with van der Waals surface area (Å²) in [7, 11) is 5.42. The SMILES string of the molecule is C[N+](C)(C)C(O)CCC(=O)[O-]. The van der Waals surface area contributed by atoms with E-state index in [9.17, 15) is 15.0 Å². The fraction of sp³-hybridized carbons (Fsp3) is 0.857. The number of aliphatic hydroxyl groups is 1. The minimum atomic E-state index is -1.11. The van der Waals surface area contributed by atoms with Crippen molar-refractivity contribution in [1.29, 1.82) is 0 Å². The number of hydrogen-bond donors (Lipinski definition) is 1. The minimum absolute atomic E-state index is 0.0866. The molecular weight excluding hydrogens is 146 g/mol. The fourth-order valence-corrected chi connectivity index (χ4v) is 0.634. The summed E-state index contributed by atoms with van der Waals surface area (Å²) in [5.74, 6) is -1.11. The molecule has 0 aliphatic rings. The van der Waals surface area contributed by atoms with Crippen molar-refractivity contribution >= 4 is 5.97 Å². The quantitative estimate of drug-likeness (QED) is 0.405. The molecule has 66 valence electrons. The minimum Gasteiger partial charge on any atom is -0.550 e. The van der Waals surface area contributed by atoms with E-state index < -0.39 is 12.2 Å². The molecule has 1 unspecified atom stereocenters. The third kappa shape index (κ3) is 4.75. The van der Waals surface area contributed by atoms with Crippen molar-refractivity contribution in [2.45, 2.75) is 19.1 Å². The molecule has 0 saturated carbocycles. The van der Waals surface area contributed by atoms with Gasteiger partial charge in [0.2, 0.25) is 0 Å². The van der Waals surface area contributed by atoms with Crippen LogP contribution in [0.1, 0.15) is 12.8 Å². The van der Waals surface area contributed by atoms with E-state index in [1.54, 1.807) is 21.1 Å². The zero-order valence-corrected chi connectivity index (χ0v) is 7.20. The average molecular weight is 161 g/mol. The van der Waals surface area contributed by atoms with Crippen LogP contribution >= 0.6 is 0 Å². The number of quaternary nitrogens is 1. The number of rotatable bonds is 4. The second kappa shape index (κ2) is 3.69. The van der Waals surface area contributed by atoms with Crippen LogP contribution < -0.4 is 5.11 Å². The fourth-order valence-electron chi connectivity index (χ4n) is 0.634. The molecule has 0 aliphatic heterocycles. The number of aliphatic carboxylic acids is 1. The van der Waals surface area contributed by atoms with Gasteiger partial charge in [-0.2, -0.15) is 0 Å². The van der Waals surface area contributed by atoms with E-state index in [1.807, 2.05) is 0 Å². The number of carboxylic acids is 1. The Morgan fingerprint density at radius 3 is 2.27 bits per heavy atom. The van der Waals surface area contributed by atoms with Crippen LogP contribution in [-0.4, -0.2) is 42.9 Å². The van der Waals surface area contributed by atoms with Crippen LogP contribution in [0.15, 0.2) is 0 Å². The van der Waals surface area contributed by atoms with E-state index in [0.717, 1.165) is 0 Å². The maximum Gasteiger partial charge on any atom is 0.190 e. The van der Waals surface area contributed by atoms with Crippen LogP contribution in [0.3, 0.4) is 0 Å². The molecule has 11 heavy (non-hydrogen) atoms. The van der Waals surface area contributed by atoms with E-state index in [4.69, 9.17) is 0 Å². The molecule has 0 aromatic carbocycles. The normalized spacial score (nSPS) is 14.5. The van der Waals surface area contributed by atoms with Gasteiger partial charge >= 0.3 is 0 Å². The highest BCUT2D eigenvalue weighted by Gasteiger charge is 2.19. The van der Waals surface area contributed by atoms with Crippen LogP contribution in [0.5, 0.6) is 0 Å². The first-order chi connectivity index (χ1) is 4.84. The summed E-state index contributed by atoms with van der Waals surface area (Å²) in [5.41, 5.74) is 0. The molecule has 0 heterocycles. The molecule has 4 nitrogen and oxygen atoms in total. The first kappa shape index (κ1) is 10.4. The van der Waals surface area contributed by atoms with Crippen molar-refractivity contribution in [2.24, 2.45) is 0 Å². The Bertz CT molecular complexity index is 139. The second-order valence-electron chi connectivity index (χ2n) is 3.51. The van der Waals surface area contributed by atoms with Crippen LogP contribution in [-0.2, 0) is 4.79 Å². The number of aliphatic hydroxyl groups excluding tert-OH is 1. The summed E-state index contributed by atoms with van der Waals surface area (Å²) in [6.45, 7) is 0. The molecule has 0 spiro atoms. The van der Waals surface area contributed by atoms with Gasteiger partial charge in [-0.3, -0.25) is 0 Å². The molecule has 0 radical (unpaired) electrons. The first-order valence-corrected chi connectivity index (χ1v) is 3.53. The largest absolute Gasteiger partial charge is 0.550 e. The van der Waals surface area contributed by atoms with Crippen molar-refractivity contribution in [3.05, 3.63) is 0 Å². The second-order valence-corrected chi connectivity index (χ2v) is 3.51. The van der Waals surface area contributed by atoms with Gasteiger partial charge in [0.05, 0.1) is 21.1 Å². The van der Waals surface area contributed by atoms with Crippen molar-refractivity contribution in [1.82, 2.24) is 0 Å².